The van der Waals surface area contributed by atoms with Crippen molar-refractivity contribution in [3.05, 3.63) is 18.5 Å². The maximum atomic E-state index is 12.3. The summed E-state index contributed by atoms with van der Waals surface area (Å²) in [6, 6.07) is 1.82. The molecular weight excluding hydrogens is 240 g/mol. The molecule has 104 valence electrons. The van der Waals surface area contributed by atoms with Gasteiger partial charge in [0.2, 0.25) is 11.9 Å². The van der Waals surface area contributed by atoms with E-state index in [0.29, 0.717) is 5.91 Å². The van der Waals surface area contributed by atoms with Crippen LogP contribution in [0, 0.1) is 5.92 Å². The third kappa shape index (κ3) is 3.22. The number of nitrogens with zero attached hydrogens (tertiary/aromatic N) is 4. The summed E-state index contributed by atoms with van der Waals surface area (Å²) in [6.07, 6.45) is 5.36. The molecule has 0 atom stereocenters. The minimum Gasteiger partial charge on any atom is -0.339 e. The van der Waals surface area contributed by atoms with Gasteiger partial charge in [-0.1, -0.05) is 13.8 Å². The Bertz CT molecular complexity index is 397. The molecule has 1 aromatic heterocycles. The third-order valence-corrected chi connectivity index (χ3v) is 3.76. The van der Waals surface area contributed by atoms with Crippen molar-refractivity contribution in [3.8, 4) is 0 Å². The summed E-state index contributed by atoms with van der Waals surface area (Å²) in [4.78, 5) is 24.9. The first kappa shape index (κ1) is 13.8. The van der Waals surface area contributed by atoms with Crippen molar-refractivity contribution in [2.45, 2.75) is 26.7 Å². The van der Waals surface area contributed by atoms with E-state index in [1.807, 2.05) is 11.0 Å². The summed E-state index contributed by atoms with van der Waals surface area (Å²) in [5, 5.41) is 0. The maximum absolute atomic E-state index is 12.3. The smallest absolute Gasteiger partial charge is 0.225 e. The van der Waals surface area contributed by atoms with Crippen molar-refractivity contribution >= 4 is 11.9 Å². The number of anilines is 1. The van der Waals surface area contributed by atoms with Crippen LogP contribution in [0.25, 0.3) is 0 Å². The number of piperazine rings is 1. The Labute approximate surface area is 114 Å². The van der Waals surface area contributed by atoms with Crippen molar-refractivity contribution in [2.24, 2.45) is 5.92 Å². The summed E-state index contributed by atoms with van der Waals surface area (Å²) < 4.78 is 0. The van der Waals surface area contributed by atoms with Crippen LogP contribution >= 0.6 is 0 Å². The van der Waals surface area contributed by atoms with E-state index >= 15 is 0 Å². The van der Waals surface area contributed by atoms with Crippen LogP contribution in [0.4, 0.5) is 5.95 Å². The highest BCUT2D eigenvalue weighted by Crippen LogP contribution is 2.15. The average molecular weight is 262 g/mol. The molecule has 5 heteroatoms. The molecule has 0 bridgehead atoms. The summed E-state index contributed by atoms with van der Waals surface area (Å²) in [6.45, 7) is 7.34. The first-order valence-electron chi connectivity index (χ1n) is 7.07. The summed E-state index contributed by atoms with van der Waals surface area (Å²) in [5.74, 6) is 1.25. The van der Waals surface area contributed by atoms with Crippen LogP contribution in [0.3, 0.4) is 0 Å². The first-order valence-corrected chi connectivity index (χ1v) is 7.07. The van der Waals surface area contributed by atoms with Crippen molar-refractivity contribution in [1.82, 2.24) is 14.9 Å². The van der Waals surface area contributed by atoms with Crippen LogP contribution in [-0.4, -0.2) is 47.0 Å². The second-order valence-electron chi connectivity index (χ2n) is 4.87. The molecule has 1 aliphatic heterocycles. The molecule has 5 nitrogen and oxygen atoms in total. The highest BCUT2D eigenvalue weighted by Gasteiger charge is 2.26. The van der Waals surface area contributed by atoms with Gasteiger partial charge in [0.1, 0.15) is 0 Å². The zero-order chi connectivity index (χ0) is 13.7. The number of hydrogen-bond donors (Lipinski definition) is 0. The lowest BCUT2D eigenvalue weighted by Gasteiger charge is -2.36. The predicted molar refractivity (Wildman–Crippen MR) is 74.9 cm³/mol. The fourth-order valence-electron chi connectivity index (χ4n) is 2.48. The van der Waals surface area contributed by atoms with Crippen molar-refractivity contribution in [3.63, 3.8) is 0 Å². The van der Waals surface area contributed by atoms with Gasteiger partial charge in [0, 0.05) is 44.5 Å². The Balaban J connectivity index is 1.91. The molecule has 2 rings (SSSR count). The summed E-state index contributed by atoms with van der Waals surface area (Å²) in [5.41, 5.74) is 0. The van der Waals surface area contributed by atoms with Gasteiger partial charge in [0.25, 0.3) is 0 Å². The highest BCUT2D eigenvalue weighted by molar-refractivity contribution is 5.79. The molecule has 1 aromatic rings. The SMILES string of the molecule is CCC(CC)C(=O)N1CCN(c2ncccn2)CC1. The van der Waals surface area contributed by atoms with Crippen molar-refractivity contribution in [1.29, 1.82) is 0 Å². The van der Waals surface area contributed by atoms with Crippen LogP contribution in [0.2, 0.25) is 0 Å². The molecule has 0 radical (unpaired) electrons. The molecule has 19 heavy (non-hydrogen) atoms. The Morgan fingerprint density at radius 2 is 1.74 bits per heavy atom. The number of aromatic nitrogens is 2. The Kier molecular flexibility index (Phi) is 4.71. The zero-order valence-electron chi connectivity index (χ0n) is 11.7. The van der Waals surface area contributed by atoms with E-state index in [9.17, 15) is 4.79 Å². The number of carbonyl (C=O) groups is 1. The van der Waals surface area contributed by atoms with E-state index in [2.05, 4.69) is 28.7 Å². The van der Waals surface area contributed by atoms with Gasteiger partial charge in [0.05, 0.1) is 0 Å². The van der Waals surface area contributed by atoms with Gasteiger partial charge in [0.15, 0.2) is 0 Å². The Morgan fingerprint density at radius 1 is 1.16 bits per heavy atom. The number of carbonyl (C=O) groups excluding carboxylic acids is 1. The van der Waals surface area contributed by atoms with Gasteiger partial charge in [-0.25, -0.2) is 9.97 Å². The monoisotopic (exact) mass is 262 g/mol. The van der Waals surface area contributed by atoms with Gasteiger partial charge < -0.3 is 9.80 Å². The van der Waals surface area contributed by atoms with Gasteiger partial charge in [-0.15, -0.1) is 0 Å². The largest absolute Gasteiger partial charge is 0.339 e. The van der Waals surface area contributed by atoms with E-state index in [0.717, 1.165) is 45.0 Å². The summed E-state index contributed by atoms with van der Waals surface area (Å²) in [7, 11) is 0. The molecule has 0 aromatic carbocycles. The highest BCUT2D eigenvalue weighted by atomic mass is 16.2. The molecule has 2 heterocycles. The molecule has 0 unspecified atom stereocenters. The molecule has 0 aliphatic carbocycles. The number of rotatable bonds is 4. The predicted octanol–water partition coefficient (Wildman–Crippen LogP) is 1.56. The lowest BCUT2D eigenvalue weighted by molar-refractivity contribution is -0.136. The average Bonchev–Trinajstić information content (AvgIpc) is 2.49. The van der Waals surface area contributed by atoms with Gasteiger partial charge >= 0.3 is 0 Å². The molecule has 0 saturated carbocycles. The topological polar surface area (TPSA) is 49.3 Å². The van der Waals surface area contributed by atoms with Gasteiger partial charge in [-0.3, -0.25) is 4.79 Å². The molecular formula is C14H22N4O. The second-order valence-corrected chi connectivity index (χ2v) is 4.87. The lowest BCUT2D eigenvalue weighted by Crippen LogP contribution is -2.50. The lowest BCUT2D eigenvalue weighted by atomic mass is 10.0. The van der Waals surface area contributed by atoms with E-state index in [1.165, 1.54) is 0 Å². The van der Waals surface area contributed by atoms with E-state index in [1.54, 1.807) is 12.4 Å². The quantitative estimate of drug-likeness (QED) is 0.826. The van der Waals surface area contributed by atoms with Crippen LogP contribution in [0.1, 0.15) is 26.7 Å². The molecule has 1 fully saturated rings. The van der Waals surface area contributed by atoms with E-state index < -0.39 is 0 Å². The molecule has 1 saturated heterocycles. The summed E-state index contributed by atoms with van der Waals surface area (Å²) >= 11 is 0. The zero-order valence-corrected chi connectivity index (χ0v) is 11.7. The minimum atomic E-state index is 0.180. The number of amides is 1. The minimum absolute atomic E-state index is 0.180. The van der Waals surface area contributed by atoms with Crippen LogP contribution in [0.5, 0.6) is 0 Å². The van der Waals surface area contributed by atoms with Gasteiger partial charge in [-0.2, -0.15) is 0 Å². The standard InChI is InChI=1S/C14H22N4O/c1-3-12(4-2)13(19)17-8-10-18(11-9-17)14-15-6-5-7-16-14/h5-7,12H,3-4,8-11H2,1-2H3. The fraction of sp³-hybridized carbons (Fsp3) is 0.643. The molecule has 0 N–H and O–H groups in total. The Hall–Kier alpha value is -1.65. The maximum Gasteiger partial charge on any atom is 0.225 e. The van der Waals surface area contributed by atoms with Crippen molar-refractivity contribution < 1.29 is 4.79 Å². The molecule has 1 aliphatic rings. The van der Waals surface area contributed by atoms with E-state index in [4.69, 9.17) is 0 Å². The molecule has 1 amide bonds. The third-order valence-electron chi connectivity index (χ3n) is 3.76. The number of hydrogen-bond acceptors (Lipinski definition) is 4. The Morgan fingerprint density at radius 3 is 2.26 bits per heavy atom. The van der Waals surface area contributed by atoms with Crippen LogP contribution in [-0.2, 0) is 4.79 Å². The first-order chi connectivity index (χ1) is 9.26. The van der Waals surface area contributed by atoms with Gasteiger partial charge in [-0.05, 0) is 18.9 Å². The fourth-order valence-corrected chi connectivity index (χ4v) is 2.48. The molecule has 0 spiro atoms. The second kappa shape index (κ2) is 6.50. The van der Waals surface area contributed by atoms with Crippen molar-refractivity contribution in [2.75, 3.05) is 31.1 Å². The van der Waals surface area contributed by atoms with Crippen LogP contribution < -0.4 is 4.90 Å². The van der Waals surface area contributed by atoms with E-state index in [-0.39, 0.29) is 5.92 Å². The normalized spacial score (nSPS) is 15.9. The van der Waals surface area contributed by atoms with Crippen LogP contribution in [0.15, 0.2) is 18.5 Å².